The van der Waals surface area contributed by atoms with Crippen LogP contribution in [0.5, 0.6) is 0 Å². The molecule has 0 saturated heterocycles. The second kappa shape index (κ2) is 3.95. The quantitative estimate of drug-likeness (QED) is 0.695. The fourth-order valence-electron chi connectivity index (χ4n) is 1.91. The minimum absolute atomic E-state index is 0.0220. The number of rotatable bonds is 3. The average molecular weight is 195 g/mol. The van der Waals surface area contributed by atoms with Crippen molar-refractivity contribution in [2.45, 2.75) is 39.5 Å². The molecule has 0 amide bonds. The number of hydrogen-bond acceptors (Lipinski definition) is 3. The summed E-state index contributed by atoms with van der Waals surface area (Å²) < 4.78 is 0. The van der Waals surface area contributed by atoms with Crippen molar-refractivity contribution in [1.82, 2.24) is 0 Å². The van der Waals surface area contributed by atoms with Crippen molar-refractivity contribution in [2.24, 2.45) is 11.1 Å². The van der Waals surface area contributed by atoms with E-state index in [-0.39, 0.29) is 11.2 Å². The molecule has 78 valence electrons. The van der Waals surface area contributed by atoms with Gasteiger partial charge in [-0.3, -0.25) is 4.79 Å². The fourth-order valence-corrected chi connectivity index (χ4v) is 1.91. The van der Waals surface area contributed by atoms with Crippen LogP contribution in [0.15, 0.2) is 11.3 Å². The third kappa shape index (κ3) is 2.44. The zero-order valence-electron chi connectivity index (χ0n) is 8.80. The summed E-state index contributed by atoms with van der Waals surface area (Å²) in [7, 11) is 0. The van der Waals surface area contributed by atoms with Crippen LogP contribution in [0.1, 0.15) is 39.5 Å². The number of hydrogen-bond donors (Lipinski definition) is 1. The normalized spacial score (nSPS) is 21.1. The van der Waals surface area contributed by atoms with Crippen LogP contribution in [0.3, 0.4) is 0 Å². The van der Waals surface area contributed by atoms with Crippen molar-refractivity contribution >= 4 is 12.1 Å². The molecule has 3 nitrogen and oxygen atoms in total. The number of allylic oxidation sites excluding steroid dienone is 2. The van der Waals surface area contributed by atoms with E-state index in [0.29, 0.717) is 30.5 Å². The lowest BCUT2D eigenvalue weighted by molar-refractivity contribution is -0.118. The number of ketones is 1. The molecule has 0 unspecified atom stereocenters. The molecule has 0 aromatic rings. The van der Waals surface area contributed by atoms with E-state index in [9.17, 15) is 9.59 Å². The molecule has 0 aromatic carbocycles. The summed E-state index contributed by atoms with van der Waals surface area (Å²) in [6.07, 6.45) is 3.02. The van der Waals surface area contributed by atoms with E-state index in [1.54, 1.807) is 0 Å². The highest BCUT2D eigenvalue weighted by Gasteiger charge is 2.31. The molecule has 0 saturated carbocycles. The Morgan fingerprint density at radius 2 is 2.07 bits per heavy atom. The SMILES string of the molecule is CC1(C)CC(=O)C(CCC=O)=C(N)C1. The first-order valence-electron chi connectivity index (χ1n) is 4.90. The highest BCUT2D eigenvalue weighted by atomic mass is 16.1. The molecule has 3 heteroatoms. The van der Waals surface area contributed by atoms with Crippen molar-refractivity contribution in [2.75, 3.05) is 0 Å². The zero-order valence-corrected chi connectivity index (χ0v) is 8.80. The predicted molar refractivity (Wildman–Crippen MR) is 54.5 cm³/mol. The third-order valence-electron chi connectivity index (χ3n) is 2.54. The maximum atomic E-state index is 11.7. The topological polar surface area (TPSA) is 60.2 Å². The molecule has 0 fully saturated rings. The van der Waals surface area contributed by atoms with Crippen LogP contribution in [0.2, 0.25) is 0 Å². The summed E-state index contributed by atoms with van der Waals surface area (Å²) in [6, 6.07) is 0. The van der Waals surface area contributed by atoms with E-state index >= 15 is 0 Å². The standard InChI is InChI=1S/C11H17NO2/c1-11(2)6-9(12)8(4-3-5-13)10(14)7-11/h5H,3-4,6-7,12H2,1-2H3. The summed E-state index contributed by atoms with van der Waals surface area (Å²) in [4.78, 5) is 21.9. The summed E-state index contributed by atoms with van der Waals surface area (Å²) in [5, 5.41) is 0. The van der Waals surface area contributed by atoms with Gasteiger partial charge in [-0.2, -0.15) is 0 Å². The van der Waals surface area contributed by atoms with Crippen molar-refractivity contribution in [3.8, 4) is 0 Å². The van der Waals surface area contributed by atoms with Crippen molar-refractivity contribution in [3.05, 3.63) is 11.3 Å². The van der Waals surface area contributed by atoms with Gasteiger partial charge >= 0.3 is 0 Å². The van der Waals surface area contributed by atoms with Gasteiger partial charge < -0.3 is 10.5 Å². The van der Waals surface area contributed by atoms with Crippen LogP contribution in [-0.4, -0.2) is 12.1 Å². The van der Waals surface area contributed by atoms with Crippen LogP contribution < -0.4 is 5.73 Å². The van der Waals surface area contributed by atoms with Crippen LogP contribution in [0.4, 0.5) is 0 Å². The van der Waals surface area contributed by atoms with Gasteiger partial charge in [-0.25, -0.2) is 0 Å². The van der Waals surface area contributed by atoms with E-state index in [4.69, 9.17) is 5.73 Å². The van der Waals surface area contributed by atoms with Gasteiger partial charge in [-0.15, -0.1) is 0 Å². The lowest BCUT2D eigenvalue weighted by Crippen LogP contribution is -2.28. The van der Waals surface area contributed by atoms with Crippen molar-refractivity contribution < 1.29 is 9.59 Å². The Kier molecular flexibility index (Phi) is 3.09. The first-order valence-corrected chi connectivity index (χ1v) is 4.90. The largest absolute Gasteiger partial charge is 0.402 e. The Bertz CT molecular complexity index is 290. The molecule has 0 radical (unpaired) electrons. The summed E-state index contributed by atoms with van der Waals surface area (Å²) in [6.45, 7) is 4.07. The number of Topliss-reactive ketones (excluding diaryl/α,β-unsaturated/α-hetero) is 1. The third-order valence-corrected chi connectivity index (χ3v) is 2.54. The lowest BCUT2D eigenvalue weighted by Gasteiger charge is -2.30. The molecule has 1 rings (SSSR count). The summed E-state index contributed by atoms with van der Waals surface area (Å²) in [5.41, 5.74) is 7.16. The molecular weight excluding hydrogens is 178 g/mol. The minimum atomic E-state index is -0.0220. The van der Waals surface area contributed by atoms with E-state index in [0.717, 1.165) is 12.7 Å². The molecule has 1 aliphatic rings. The second-order valence-corrected chi connectivity index (χ2v) is 4.65. The number of nitrogens with two attached hydrogens (primary N) is 1. The molecule has 0 aromatic heterocycles. The first-order chi connectivity index (χ1) is 6.46. The van der Waals surface area contributed by atoms with Gasteiger partial charge in [-0.05, 0) is 18.3 Å². The molecule has 0 heterocycles. The molecule has 0 bridgehead atoms. The minimum Gasteiger partial charge on any atom is -0.402 e. The predicted octanol–water partition coefficient (Wildman–Crippen LogP) is 1.57. The monoisotopic (exact) mass is 195 g/mol. The lowest BCUT2D eigenvalue weighted by atomic mass is 9.75. The van der Waals surface area contributed by atoms with Crippen molar-refractivity contribution in [3.63, 3.8) is 0 Å². The van der Waals surface area contributed by atoms with Gasteiger partial charge in [0.1, 0.15) is 6.29 Å². The van der Waals surface area contributed by atoms with Crippen LogP contribution in [0, 0.1) is 5.41 Å². The second-order valence-electron chi connectivity index (χ2n) is 4.65. The summed E-state index contributed by atoms with van der Waals surface area (Å²) >= 11 is 0. The number of aldehydes is 1. The average Bonchev–Trinajstić information content (AvgIpc) is 2.00. The van der Waals surface area contributed by atoms with E-state index in [1.165, 1.54) is 0 Å². The van der Waals surface area contributed by atoms with Gasteiger partial charge in [0.15, 0.2) is 5.78 Å². The Morgan fingerprint density at radius 1 is 1.43 bits per heavy atom. The Morgan fingerprint density at radius 3 is 2.57 bits per heavy atom. The Labute approximate surface area is 84.4 Å². The maximum absolute atomic E-state index is 11.7. The van der Waals surface area contributed by atoms with Gasteiger partial charge in [0.2, 0.25) is 0 Å². The van der Waals surface area contributed by atoms with Crippen LogP contribution in [-0.2, 0) is 9.59 Å². The molecular formula is C11H17NO2. The molecule has 0 aliphatic heterocycles. The molecule has 0 atom stereocenters. The fraction of sp³-hybridized carbons (Fsp3) is 0.636. The molecule has 14 heavy (non-hydrogen) atoms. The van der Waals surface area contributed by atoms with Gasteiger partial charge in [0, 0.05) is 24.1 Å². The molecule has 0 spiro atoms. The number of carbonyl (C=O) groups excluding carboxylic acids is 2. The molecule has 1 aliphatic carbocycles. The van der Waals surface area contributed by atoms with Gasteiger partial charge in [-0.1, -0.05) is 13.8 Å². The highest BCUT2D eigenvalue weighted by Crippen LogP contribution is 2.35. The van der Waals surface area contributed by atoms with Crippen molar-refractivity contribution in [1.29, 1.82) is 0 Å². The van der Waals surface area contributed by atoms with E-state index in [1.807, 2.05) is 13.8 Å². The van der Waals surface area contributed by atoms with Crippen LogP contribution >= 0.6 is 0 Å². The van der Waals surface area contributed by atoms with Gasteiger partial charge in [0.05, 0.1) is 0 Å². The maximum Gasteiger partial charge on any atom is 0.161 e. The Hall–Kier alpha value is -1.12. The molecule has 2 N–H and O–H groups in total. The summed E-state index contributed by atoms with van der Waals surface area (Å²) in [5.74, 6) is 0.112. The van der Waals surface area contributed by atoms with E-state index in [2.05, 4.69) is 0 Å². The van der Waals surface area contributed by atoms with Gasteiger partial charge in [0.25, 0.3) is 0 Å². The first kappa shape index (κ1) is 11.0. The highest BCUT2D eigenvalue weighted by molar-refractivity contribution is 5.97. The zero-order chi connectivity index (χ0) is 10.8. The van der Waals surface area contributed by atoms with E-state index < -0.39 is 0 Å². The smallest absolute Gasteiger partial charge is 0.161 e. The van der Waals surface area contributed by atoms with Crippen LogP contribution in [0.25, 0.3) is 0 Å². The Balaban J connectivity index is 2.82. The number of carbonyl (C=O) groups is 2.